The highest BCUT2D eigenvalue weighted by atomic mass is 16.5. The van der Waals surface area contributed by atoms with Gasteiger partial charge in [0.1, 0.15) is 12.7 Å². The van der Waals surface area contributed by atoms with Crippen LogP contribution in [0, 0.1) is 50.7 Å². The number of aliphatic hydroxyl groups is 3. The second kappa shape index (κ2) is 19.2. The van der Waals surface area contributed by atoms with Gasteiger partial charge < -0.3 is 24.8 Å². The van der Waals surface area contributed by atoms with Crippen LogP contribution >= 0.6 is 0 Å². The van der Waals surface area contributed by atoms with Gasteiger partial charge in [0.15, 0.2) is 0 Å². The Hall–Kier alpha value is -4.56. The van der Waals surface area contributed by atoms with Crippen molar-refractivity contribution >= 4 is 22.7 Å². The first kappa shape index (κ1) is 53.4. The molecule has 6 saturated carbocycles. The molecule has 1 heterocycles. The van der Waals surface area contributed by atoms with E-state index in [1.807, 2.05) is 12.2 Å². The average Bonchev–Trinajstić information content (AvgIpc) is 3.96. The van der Waals surface area contributed by atoms with Gasteiger partial charge >= 0.3 is 11.9 Å². The summed E-state index contributed by atoms with van der Waals surface area (Å²) in [6.07, 6.45) is 26.2. The van der Waals surface area contributed by atoms with Gasteiger partial charge in [0.25, 0.3) is 0 Å². The Labute approximate surface area is 476 Å². The number of fused-ring (bicyclic) bond motifs is 5. The molecule has 0 saturated heterocycles. The summed E-state index contributed by atoms with van der Waals surface area (Å²) < 4.78 is 12.2. The highest BCUT2D eigenvalue weighted by Gasteiger charge is 2.82. The molecule has 424 valence electrons. The van der Waals surface area contributed by atoms with Crippen molar-refractivity contribution < 1.29 is 34.4 Å². The molecule has 4 aromatic rings. The van der Waals surface area contributed by atoms with Crippen LogP contribution in [0.1, 0.15) is 215 Å². The Kier molecular flexibility index (Phi) is 12.9. The zero-order chi connectivity index (χ0) is 55.1. The number of esters is 2. The van der Waals surface area contributed by atoms with Crippen molar-refractivity contribution in [2.24, 2.45) is 50.7 Å². The normalized spacial score (nSPS) is 41.0. The zero-order valence-electron chi connectivity index (χ0n) is 48.5. The second-order valence-corrected chi connectivity index (χ2v) is 29.4. The molecule has 80 heavy (non-hydrogen) atoms. The molecule has 16 unspecified atom stereocenters. The number of ether oxygens (including phenoxy) is 2. The summed E-state index contributed by atoms with van der Waals surface area (Å²) >= 11 is 0. The number of aryl methyl sites for hydroxylation is 1. The summed E-state index contributed by atoms with van der Waals surface area (Å²) in [5.41, 5.74) is 2.87. The molecular weight excluding hydrogens is 989 g/mol. The minimum absolute atomic E-state index is 0.0944. The summed E-state index contributed by atoms with van der Waals surface area (Å²) in [6, 6.07) is 34.9. The third-order valence-corrected chi connectivity index (χ3v) is 26.0. The number of hydrogen-bond donors (Lipinski definition) is 3. The van der Waals surface area contributed by atoms with Crippen LogP contribution in [0.5, 0.6) is 0 Å². The number of carbonyl (C=O) groups excluding carboxylic acids is 2. The number of benzene rings is 4. The monoisotopic (exact) mass is 1080 g/mol. The van der Waals surface area contributed by atoms with Crippen LogP contribution in [-0.4, -0.2) is 57.3 Å². The molecular formula is C73H90O7. The minimum Gasteiger partial charge on any atom is -0.462 e. The summed E-state index contributed by atoms with van der Waals surface area (Å²) in [4.78, 5) is 26.4. The summed E-state index contributed by atoms with van der Waals surface area (Å²) in [5, 5.41) is 45.4. The lowest BCUT2D eigenvalue weighted by atomic mass is 9.31. The molecule has 9 aliphatic carbocycles. The van der Waals surface area contributed by atoms with Gasteiger partial charge in [0, 0.05) is 29.7 Å². The van der Waals surface area contributed by atoms with Crippen LogP contribution in [0.25, 0.3) is 10.8 Å². The number of hydrogen-bond acceptors (Lipinski definition) is 7. The summed E-state index contributed by atoms with van der Waals surface area (Å²) in [7, 11) is 0. The van der Waals surface area contributed by atoms with Crippen LogP contribution in [0.3, 0.4) is 0 Å². The Morgan fingerprint density at radius 1 is 0.775 bits per heavy atom. The molecule has 6 fully saturated rings. The lowest BCUT2D eigenvalue weighted by Crippen LogP contribution is -2.83. The van der Waals surface area contributed by atoms with E-state index < -0.39 is 45.6 Å². The van der Waals surface area contributed by atoms with E-state index in [0.717, 1.165) is 44.1 Å². The van der Waals surface area contributed by atoms with Crippen LogP contribution in [0.2, 0.25) is 0 Å². The average molecular weight is 1080 g/mol. The number of carbonyl (C=O) groups is 2. The van der Waals surface area contributed by atoms with E-state index in [-0.39, 0.29) is 47.6 Å². The molecule has 2 bridgehead atoms. The van der Waals surface area contributed by atoms with E-state index in [9.17, 15) is 24.9 Å². The van der Waals surface area contributed by atoms with E-state index in [1.165, 1.54) is 82.1 Å². The molecule has 0 aromatic heterocycles. The minimum atomic E-state index is -1.64. The Morgan fingerprint density at radius 2 is 1.55 bits per heavy atom. The van der Waals surface area contributed by atoms with Crippen molar-refractivity contribution in [1.29, 1.82) is 0 Å². The molecule has 0 amide bonds. The predicted molar refractivity (Wildman–Crippen MR) is 315 cm³/mol. The fraction of sp³-hybridized carbons (Fsp3) is 0.616. The van der Waals surface area contributed by atoms with Crippen molar-refractivity contribution in [2.45, 2.75) is 222 Å². The predicted octanol–water partition coefficient (Wildman–Crippen LogP) is 15.2. The van der Waals surface area contributed by atoms with E-state index in [4.69, 9.17) is 9.47 Å². The summed E-state index contributed by atoms with van der Waals surface area (Å²) in [5.74, 6) is 1.05. The third kappa shape index (κ3) is 7.52. The number of cyclic esters (lactones) is 1. The quantitative estimate of drug-likeness (QED) is 0.0903. The number of aliphatic hydroxyl groups excluding tert-OH is 1. The Morgan fingerprint density at radius 3 is 2.31 bits per heavy atom. The van der Waals surface area contributed by atoms with Crippen molar-refractivity contribution in [3.8, 4) is 0 Å². The van der Waals surface area contributed by atoms with Gasteiger partial charge in [-0.1, -0.05) is 156 Å². The number of rotatable bonds is 13. The van der Waals surface area contributed by atoms with Gasteiger partial charge in [0.2, 0.25) is 0 Å². The standard InChI is InChI=1S/C73H90O7/c1-47(17-15-20-49-18-7-5-8-19-49)28-37-71(77)40-39-66(3)44-59(80-48(2)74)65-67(4,35-31-60(75)73(65,71)72(66,78)38-29-50-41-61(76)79-45-50)53-30-36-70-46-68(32-13-14-33-68)58-43-69(52-22-9-6-10-23-52)34-12-11-25-56(69)55-27-26-51-21-16-24-54(57(70)42-53)62(51)63(55)64(58)70/h5-10,16,18-19,21-24,26-27,39-41,47,53,56-60,64-65,75,77-78H,11-15,17,20,25,28-38,42-46H2,1-4H3. The van der Waals surface area contributed by atoms with E-state index in [1.54, 1.807) is 33.7 Å². The van der Waals surface area contributed by atoms with Crippen molar-refractivity contribution in [2.75, 3.05) is 6.61 Å². The first-order valence-corrected chi connectivity index (χ1v) is 32.1. The van der Waals surface area contributed by atoms with Gasteiger partial charge in [-0.15, -0.1) is 0 Å². The molecule has 3 spiro atoms. The Balaban J connectivity index is 0.900. The molecule has 10 aliphatic rings. The topological polar surface area (TPSA) is 113 Å². The van der Waals surface area contributed by atoms with Gasteiger partial charge in [-0.05, 0) is 211 Å². The third-order valence-electron chi connectivity index (χ3n) is 26.0. The van der Waals surface area contributed by atoms with Gasteiger partial charge in [0.05, 0.1) is 22.7 Å². The first-order valence-electron chi connectivity index (χ1n) is 32.1. The largest absolute Gasteiger partial charge is 0.462 e. The zero-order valence-corrected chi connectivity index (χ0v) is 48.5. The van der Waals surface area contributed by atoms with Crippen LogP contribution in [0.15, 0.2) is 115 Å². The maximum Gasteiger partial charge on any atom is 0.331 e. The van der Waals surface area contributed by atoms with Crippen molar-refractivity contribution in [3.05, 3.63) is 143 Å². The van der Waals surface area contributed by atoms with Crippen LogP contribution in [0.4, 0.5) is 0 Å². The van der Waals surface area contributed by atoms with Crippen LogP contribution in [-0.2, 0) is 30.9 Å². The maximum atomic E-state index is 14.6. The lowest BCUT2D eigenvalue weighted by molar-refractivity contribution is -0.362. The maximum absolute atomic E-state index is 14.6. The molecule has 7 heteroatoms. The SMILES string of the molecule is CC(=O)OC1CC2(C)C=CC(O)(CCC(C)CCCc3ccccc3)C3(C(O)CCC(C)(C4CCC56CC7(CCCC7)C7CC8(c9ccccc9)CCCCC8c8ccc9cccc(c9c8C75)C6C4)C13)C2(O)CCC1=CC(=O)OC1. The molecule has 4 aromatic carbocycles. The van der Waals surface area contributed by atoms with Crippen LogP contribution < -0.4 is 0 Å². The van der Waals surface area contributed by atoms with Gasteiger partial charge in [-0.25, -0.2) is 4.79 Å². The molecule has 14 rings (SSSR count). The fourth-order valence-electron chi connectivity index (χ4n) is 22.9. The second-order valence-electron chi connectivity index (χ2n) is 29.4. The first-order chi connectivity index (χ1) is 38.5. The molecule has 1 aliphatic heterocycles. The highest BCUT2D eigenvalue weighted by molar-refractivity contribution is 5.93. The van der Waals surface area contributed by atoms with E-state index in [0.29, 0.717) is 67.6 Å². The summed E-state index contributed by atoms with van der Waals surface area (Å²) in [6.45, 7) is 8.51. The fourth-order valence-corrected chi connectivity index (χ4v) is 22.9. The Bertz CT molecular complexity index is 3120. The smallest absolute Gasteiger partial charge is 0.331 e. The lowest BCUT2D eigenvalue weighted by Gasteiger charge is -2.76. The molecule has 3 N–H and O–H groups in total. The highest BCUT2D eigenvalue weighted by Crippen LogP contribution is 2.82. The van der Waals surface area contributed by atoms with Gasteiger partial charge in [-0.2, -0.15) is 0 Å². The molecule has 0 radical (unpaired) electrons. The molecule has 16 atom stereocenters. The van der Waals surface area contributed by atoms with E-state index in [2.05, 4.69) is 112 Å². The van der Waals surface area contributed by atoms with Crippen molar-refractivity contribution in [1.82, 2.24) is 0 Å². The van der Waals surface area contributed by atoms with Crippen molar-refractivity contribution in [3.63, 3.8) is 0 Å². The van der Waals surface area contributed by atoms with E-state index >= 15 is 0 Å². The molecule has 7 nitrogen and oxygen atoms in total. The van der Waals surface area contributed by atoms with Gasteiger partial charge in [-0.3, -0.25) is 4.79 Å².